The highest BCUT2D eigenvalue weighted by molar-refractivity contribution is 5.75. The number of likely N-dealkylation sites (N-methyl/N-ethyl adjacent to an activating group) is 1. The standard InChI is InChI=1S/C14H21N3O2/c1-4-19-13(18)9-17(3)14-11-7-5-6-8-12(11)15-10(2)16-14/h4-9H2,1-3H3. The van der Waals surface area contributed by atoms with Gasteiger partial charge in [0.15, 0.2) is 0 Å². The molecule has 0 radical (unpaired) electrons. The Hall–Kier alpha value is -1.65. The van der Waals surface area contributed by atoms with E-state index in [1.165, 1.54) is 18.4 Å². The highest BCUT2D eigenvalue weighted by Crippen LogP contribution is 2.27. The Morgan fingerprint density at radius 2 is 2.05 bits per heavy atom. The number of anilines is 1. The van der Waals surface area contributed by atoms with E-state index in [9.17, 15) is 4.79 Å². The second-order valence-electron chi connectivity index (χ2n) is 4.89. The van der Waals surface area contributed by atoms with Crippen molar-refractivity contribution in [3.05, 3.63) is 17.1 Å². The maximum absolute atomic E-state index is 11.6. The second-order valence-corrected chi connectivity index (χ2v) is 4.89. The highest BCUT2D eigenvalue weighted by atomic mass is 16.5. The zero-order chi connectivity index (χ0) is 13.8. The third-order valence-corrected chi connectivity index (χ3v) is 3.31. The Morgan fingerprint density at radius 1 is 1.32 bits per heavy atom. The van der Waals surface area contributed by atoms with E-state index in [4.69, 9.17) is 4.74 Å². The van der Waals surface area contributed by atoms with Gasteiger partial charge in [-0.25, -0.2) is 9.97 Å². The van der Waals surface area contributed by atoms with E-state index < -0.39 is 0 Å². The molecule has 0 N–H and O–H groups in total. The summed E-state index contributed by atoms with van der Waals surface area (Å²) in [6.45, 7) is 4.36. The molecular weight excluding hydrogens is 242 g/mol. The van der Waals surface area contributed by atoms with E-state index in [0.29, 0.717) is 6.61 Å². The molecule has 0 unspecified atom stereocenters. The summed E-state index contributed by atoms with van der Waals surface area (Å²) in [5, 5.41) is 0. The molecule has 5 nitrogen and oxygen atoms in total. The summed E-state index contributed by atoms with van der Waals surface area (Å²) in [7, 11) is 1.88. The summed E-state index contributed by atoms with van der Waals surface area (Å²) in [6, 6.07) is 0. The van der Waals surface area contributed by atoms with Gasteiger partial charge in [-0.05, 0) is 39.5 Å². The largest absolute Gasteiger partial charge is 0.465 e. The van der Waals surface area contributed by atoms with E-state index in [-0.39, 0.29) is 12.5 Å². The van der Waals surface area contributed by atoms with Crippen LogP contribution in [0.5, 0.6) is 0 Å². The van der Waals surface area contributed by atoms with Crippen LogP contribution in [-0.4, -0.2) is 36.1 Å². The first kappa shape index (κ1) is 13.8. The third-order valence-electron chi connectivity index (χ3n) is 3.31. The maximum Gasteiger partial charge on any atom is 0.325 e. The molecule has 1 heterocycles. The van der Waals surface area contributed by atoms with Crippen LogP contribution in [0.3, 0.4) is 0 Å². The zero-order valence-corrected chi connectivity index (χ0v) is 11.9. The van der Waals surface area contributed by atoms with Crippen LogP contribution in [0.2, 0.25) is 0 Å². The van der Waals surface area contributed by atoms with Crippen molar-refractivity contribution in [3.8, 4) is 0 Å². The third kappa shape index (κ3) is 3.22. The molecule has 0 bridgehead atoms. The molecule has 5 heteroatoms. The van der Waals surface area contributed by atoms with Crippen LogP contribution < -0.4 is 4.90 Å². The van der Waals surface area contributed by atoms with Crippen molar-refractivity contribution in [2.75, 3.05) is 25.1 Å². The number of hydrogen-bond donors (Lipinski definition) is 0. The Bertz CT molecular complexity index is 474. The van der Waals surface area contributed by atoms with Gasteiger partial charge in [-0.2, -0.15) is 0 Å². The van der Waals surface area contributed by atoms with Gasteiger partial charge in [-0.3, -0.25) is 4.79 Å². The summed E-state index contributed by atoms with van der Waals surface area (Å²) < 4.78 is 4.98. The van der Waals surface area contributed by atoms with Gasteiger partial charge in [0.05, 0.1) is 6.61 Å². The summed E-state index contributed by atoms with van der Waals surface area (Å²) in [5.41, 5.74) is 2.34. The Balaban J connectivity index is 2.23. The predicted molar refractivity (Wildman–Crippen MR) is 73.3 cm³/mol. The molecule has 0 saturated heterocycles. The normalized spacial score (nSPS) is 13.8. The summed E-state index contributed by atoms with van der Waals surface area (Å²) >= 11 is 0. The van der Waals surface area contributed by atoms with Crippen LogP contribution in [0.25, 0.3) is 0 Å². The molecule has 0 atom stereocenters. The number of fused-ring (bicyclic) bond motifs is 1. The number of carbonyl (C=O) groups is 1. The van der Waals surface area contributed by atoms with Crippen molar-refractivity contribution >= 4 is 11.8 Å². The molecule has 1 aliphatic rings. The first-order valence-electron chi connectivity index (χ1n) is 6.85. The second kappa shape index (κ2) is 5.99. The molecule has 104 valence electrons. The number of hydrogen-bond acceptors (Lipinski definition) is 5. The minimum absolute atomic E-state index is 0.217. The monoisotopic (exact) mass is 263 g/mol. The number of esters is 1. The van der Waals surface area contributed by atoms with Crippen molar-refractivity contribution in [2.45, 2.75) is 39.5 Å². The lowest BCUT2D eigenvalue weighted by atomic mass is 9.96. The molecule has 2 rings (SSSR count). The van der Waals surface area contributed by atoms with E-state index in [2.05, 4.69) is 9.97 Å². The Morgan fingerprint density at radius 3 is 2.79 bits per heavy atom. The van der Waals surface area contributed by atoms with Gasteiger partial charge in [0, 0.05) is 18.3 Å². The molecular formula is C14H21N3O2. The van der Waals surface area contributed by atoms with Crippen molar-refractivity contribution in [1.82, 2.24) is 9.97 Å². The zero-order valence-electron chi connectivity index (χ0n) is 11.9. The Labute approximate surface area is 114 Å². The molecule has 0 spiro atoms. The number of aromatic nitrogens is 2. The molecule has 1 aromatic heterocycles. The lowest BCUT2D eigenvalue weighted by molar-refractivity contribution is -0.141. The average molecular weight is 263 g/mol. The Kier molecular flexibility index (Phi) is 4.35. The van der Waals surface area contributed by atoms with Crippen LogP contribution >= 0.6 is 0 Å². The van der Waals surface area contributed by atoms with Gasteiger partial charge < -0.3 is 9.64 Å². The first-order valence-corrected chi connectivity index (χ1v) is 6.85. The van der Waals surface area contributed by atoms with Crippen LogP contribution in [0.4, 0.5) is 5.82 Å². The number of ether oxygens (including phenoxy) is 1. The van der Waals surface area contributed by atoms with Crippen molar-refractivity contribution in [2.24, 2.45) is 0 Å². The van der Waals surface area contributed by atoms with Gasteiger partial charge in [0.2, 0.25) is 0 Å². The average Bonchev–Trinajstić information content (AvgIpc) is 2.37. The van der Waals surface area contributed by atoms with Gasteiger partial charge in [-0.1, -0.05) is 0 Å². The van der Waals surface area contributed by atoms with Gasteiger partial charge in [0.25, 0.3) is 0 Å². The lowest BCUT2D eigenvalue weighted by Crippen LogP contribution is -2.30. The molecule has 0 fully saturated rings. The minimum atomic E-state index is -0.217. The molecule has 19 heavy (non-hydrogen) atoms. The van der Waals surface area contributed by atoms with Crippen LogP contribution in [-0.2, 0) is 22.4 Å². The van der Waals surface area contributed by atoms with E-state index >= 15 is 0 Å². The minimum Gasteiger partial charge on any atom is -0.465 e. The quantitative estimate of drug-likeness (QED) is 0.773. The molecule has 0 amide bonds. The lowest BCUT2D eigenvalue weighted by Gasteiger charge is -2.24. The van der Waals surface area contributed by atoms with Gasteiger partial charge in [-0.15, -0.1) is 0 Å². The van der Waals surface area contributed by atoms with E-state index in [1.807, 2.05) is 25.8 Å². The summed E-state index contributed by atoms with van der Waals surface area (Å²) in [6.07, 6.45) is 4.36. The number of nitrogens with zero attached hydrogens (tertiary/aromatic N) is 3. The predicted octanol–water partition coefficient (Wildman–Crippen LogP) is 1.66. The van der Waals surface area contributed by atoms with Crippen molar-refractivity contribution < 1.29 is 9.53 Å². The molecule has 1 aliphatic carbocycles. The number of aryl methyl sites for hydroxylation is 2. The highest BCUT2D eigenvalue weighted by Gasteiger charge is 2.20. The van der Waals surface area contributed by atoms with Crippen molar-refractivity contribution in [1.29, 1.82) is 0 Å². The fraction of sp³-hybridized carbons (Fsp3) is 0.643. The smallest absolute Gasteiger partial charge is 0.325 e. The topological polar surface area (TPSA) is 55.3 Å². The van der Waals surface area contributed by atoms with Crippen LogP contribution in [0.1, 0.15) is 36.8 Å². The maximum atomic E-state index is 11.6. The first-order chi connectivity index (χ1) is 9.11. The number of rotatable bonds is 4. The number of carbonyl (C=O) groups excluding carboxylic acids is 1. The van der Waals surface area contributed by atoms with Crippen LogP contribution in [0.15, 0.2) is 0 Å². The molecule has 0 aliphatic heterocycles. The van der Waals surface area contributed by atoms with Crippen LogP contribution in [0, 0.1) is 6.92 Å². The van der Waals surface area contributed by atoms with Gasteiger partial charge >= 0.3 is 5.97 Å². The van der Waals surface area contributed by atoms with Gasteiger partial charge in [0.1, 0.15) is 18.2 Å². The van der Waals surface area contributed by atoms with Crippen molar-refractivity contribution in [3.63, 3.8) is 0 Å². The fourth-order valence-electron chi connectivity index (χ4n) is 2.49. The van der Waals surface area contributed by atoms with E-state index in [1.54, 1.807) is 0 Å². The van der Waals surface area contributed by atoms with E-state index in [0.717, 1.165) is 30.2 Å². The summed E-state index contributed by atoms with van der Waals surface area (Å²) in [5.74, 6) is 1.44. The molecule has 0 aromatic carbocycles. The summed E-state index contributed by atoms with van der Waals surface area (Å²) in [4.78, 5) is 22.5. The molecule has 0 saturated carbocycles. The SMILES string of the molecule is CCOC(=O)CN(C)c1nc(C)nc2c1CCCC2. The molecule has 1 aromatic rings. The fourth-order valence-corrected chi connectivity index (χ4v) is 2.49.